The van der Waals surface area contributed by atoms with E-state index in [0.29, 0.717) is 12.3 Å². The zero-order chi connectivity index (χ0) is 9.26. The summed E-state index contributed by atoms with van der Waals surface area (Å²) in [6.45, 7) is 0.437. The van der Waals surface area contributed by atoms with Gasteiger partial charge in [0.1, 0.15) is 5.75 Å². The number of para-hydroxylation sites is 2. The summed E-state index contributed by atoms with van der Waals surface area (Å²) >= 11 is 0. The van der Waals surface area contributed by atoms with Gasteiger partial charge in [-0.1, -0.05) is 12.1 Å². The second-order valence-electron chi connectivity index (χ2n) is 2.89. The van der Waals surface area contributed by atoms with Gasteiger partial charge in [-0.15, -0.1) is 12.4 Å². The molecule has 1 heterocycles. The van der Waals surface area contributed by atoms with Crippen molar-refractivity contribution in [2.24, 2.45) is 5.73 Å². The van der Waals surface area contributed by atoms with Crippen LogP contribution < -0.4 is 15.8 Å². The van der Waals surface area contributed by atoms with E-state index < -0.39 is 12.0 Å². The van der Waals surface area contributed by atoms with Crippen LogP contribution in [-0.2, 0) is 4.79 Å². The molecule has 0 saturated heterocycles. The molecule has 1 aromatic rings. The Bertz CT molecular complexity index is 343. The molecule has 3 N–H and O–H groups in total. The lowest BCUT2D eigenvalue weighted by Gasteiger charge is -2.24. The van der Waals surface area contributed by atoms with Crippen LogP contribution >= 0.6 is 12.4 Å². The highest BCUT2D eigenvalue weighted by atomic mass is 35.5. The molecule has 1 atom stereocenters. The molecule has 14 heavy (non-hydrogen) atoms. The van der Waals surface area contributed by atoms with Crippen molar-refractivity contribution in [3.05, 3.63) is 24.3 Å². The van der Waals surface area contributed by atoms with Crippen molar-refractivity contribution in [3.8, 4) is 5.75 Å². The topological polar surface area (TPSA) is 64.4 Å². The van der Waals surface area contributed by atoms with Gasteiger partial charge in [0, 0.05) is 0 Å². The lowest BCUT2D eigenvalue weighted by Crippen LogP contribution is -2.41. The van der Waals surface area contributed by atoms with E-state index in [1.165, 1.54) is 0 Å². The summed E-state index contributed by atoms with van der Waals surface area (Å²) in [6, 6.07) is 7.45. The predicted molar refractivity (Wildman–Crippen MR) is 55.8 cm³/mol. The van der Waals surface area contributed by atoms with Gasteiger partial charge in [0.05, 0.1) is 12.2 Å². The van der Waals surface area contributed by atoms with E-state index in [1.807, 2.05) is 18.2 Å². The van der Waals surface area contributed by atoms with Crippen LogP contribution in [0.5, 0.6) is 5.75 Å². The van der Waals surface area contributed by atoms with Crippen molar-refractivity contribution in [2.75, 3.05) is 11.9 Å². The van der Waals surface area contributed by atoms with E-state index in [2.05, 4.69) is 5.32 Å². The van der Waals surface area contributed by atoms with Crippen LogP contribution in [-0.4, -0.2) is 18.6 Å². The van der Waals surface area contributed by atoms with Crippen molar-refractivity contribution < 1.29 is 9.53 Å². The smallest absolute Gasteiger partial charge is 0.260 e. The SMILES string of the molecule is Cl.NC(=O)C1CNc2ccccc2O1. The zero-order valence-electron chi connectivity index (χ0n) is 7.40. The molecule has 0 saturated carbocycles. The van der Waals surface area contributed by atoms with Crippen molar-refractivity contribution in [3.63, 3.8) is 0 Å². The Morgan fingerprint density at radius 3 is 2.93 bits per heavy atom. The maximum atomic E-state index is 10.8. The third kappa shape index (κ3) is 1.90. The molecule has 1 amide bonds. The van der Waals surface area contributed by atoms with E-state index in [-0.39, 0.29) is 12.4 Å². The first-order valence-electron chi connectivity index (χ1n) is 4.06. The van der Waals surface area contributed by atoms with Gasteiger partial charge in [0.15, 0.2) is 6.10 Å². The number of nitrogens with one attached hydrogen (secondary N) is 1. The highest BCUT2D eigenvalue weighted by Gasteiger charge is 2.22. The Morgan fingerprint density at radius 2 is 2.21 bits per heavy atom. The molecule has 1 unspecified atom stereocenters. The van der Waals surface area contributed by atoms with Gasteiger partial charge in [-0.25, -0.2) is 0 Å². The number of halogens is 1. The Labute approximate surface area is 87.8 Å². The molecule has 0 aliphatic carbocycles. The number of fused-ring (bicyclic) bond motifs is 1. The molecule has 0 bridgehead atoms. The summed E-state index contributed by atoms with van der Waals surface area (Å²) in [5.74, 6) is 0.236. The van der Waals surface area contributed by atoms with Crippen molar-refractivity contribution in [2.45, 2.75) is 6.10 Å². The summed E-state index contributed by atoms with van der Waals surface area (Å²) in [7, 11) is 0. The van der Waals surface area contributed by atoms with Gasteiger partial charge in [-0.05, 0) is 12.1 Å². The molecule has 1 aliphatic heterocycles. The molecule has 0 aromatic heterocycles. The average molecular weight is 215 g/mol. The van der Waals surface area contributed by atoms with Crippen LogP contribution in [0, 0.1) is 0 Å². The van der Waals surface area contributed by atoms with Crippen molar-refractivity contribution in [1.29, 1.82) is 0 Å². The predicted octanol–water partition coefficient (Wildman–Crippen LogP) is 0.767. The Morgan fingerprint density at radius 1 is 1.50 bits per heavy atom. The summed E-state index contributed by atoms with van der Waals surface area (Å²) in [5.41, 5.74) is 6.02. The Kier molecular flexibility index (Phi) is 3.19. The second kappa shape index (κ2) is 4.19. The first-order valence-corrected chi connectivity index (χ1v) is 4.06. The third-order valence-corrected chi connectivity index (χ3v) is 1.95. The standard InChI is InChI=1S/C9H10N2O2.ClH/c10-9(12)8-5-11-6-3-1-2-4-7(6)13-8;/h1-4,8,11H,5H2,(H2,10,12);1H. The van der Waals surface area contributed by atoms with Gasteiger partial charge >= 0.3 is 0 Å². The zero-order valence-corrected chi connectivity index (χ0v) is 8.21. The number of carbonyl (C=O) groups is 1. The Hall–Kier alpha value is -1.42. The molecular formula is C9H11ClN2O2. The van der Waals surface area contributed by atoms with Crippen LogP contribution in [0.4, 0.5) is 5.69 Å². The van der Waals surface area contributed by atoms with E-state index >= 15 is 0 Å². The van der Waals surface area contributed by atoms with Crippen LogP contribution in [0.15, 0.2) is 24.3 Å². The molecule has 0 radical (unpaired) electrons. The molecule has 76 valence electrons. The fourth-order valence-corrected chi connectivity index (χ4v) is 1.27. The number of primary amides is 1. The molecule has 4 nitrogen and oxygen atoms in total. The van der Waals surface area contributed by atoms with Gasteiger partial charge in [-0.3, -0.25) is 4.79 Å². The Balaban J connectivity index is 0.000000980. The number of rotatable bonds is 1. The highest BCUT2D eigenvalue weighted by molar-refractivity contribution is 5.85. The number of benzene rings is 1. The number of ether oxygens (including phenoxy) is 1. The summed E-state index contributed by atoms with van der Waals surface area (Å²) < 4.78 is 5.36. The maximum Gasteiger partial charge on any atom is 0.260 e. The molecule has 2 rings (SSSR count). The molecule has 1 aromatic carbocycles. The number of hydrogen-bond acceptors (Lipinski definition) is 3. The van der Waals surface area contributed by atoms with E-state index in [1.54, 1.807) is 6.07 Å². The molecule has 1 aliphatic rings. The molecular weight excluding hydrogens is 204 g/mol. The lowest BCUT2D eigenvalue weighted by atomic mass is 10.2. The molecule has 0 spiro atoms. The minimum absolute atomic E-state index is 0. The fraction of sp³-hybridized carbons (Fsp3) is 0.222. The number of anilines is 1. The third-order valence-electron chi connectivity index (χ3n) is 1.95. The monoisotopic (exact) mass is 214 g/mol. The maximum absolute atomic E-state index is 10.8. The number of amides is 1. The van der Waals surface area contributed by atoms with Gasteiger partial charge in [0.2, 0.25) is 0 Å². The van der Waals surface area contributed by atoms with Gasteiger partial charge in [0.25, 0.3) is 5.91 Å². The molecule has 5 heteroatoms. The summed E-state index contributed by atoms with van der Waals surface area (Å²) in [5, 5.41) is 3.07. The van der Waals surface area contributed by atoms with E-state index in [4.69, 9.17) is 10.5 Å². The first-order chi connectivity index (χ1) is 6.27. The van der Waals surface area contributed by atoms with Gasteiger partial charge in [-0.2, -0.15) is 0 Å². The minimum Gasteiger partial charge on any atom is -0.477 e. The first kappa shape index (κ1) is 10.7. The lowest BCUT2D eigenvalue weighted by molar-refractivity contribution is -0.124. The van der Waals surface area contributed by atoms with Crippen molar-refractivity contribution in [1.82, 2.24) is 0 Å². The van der Waals surface area contributed by atoms with Gasteiger partial charge < -0.3 is 15.8 Å². The largest absolute Gasteiger partial charge is 0.477 e. The van der Waals surface area contributed by atoms with Crippen LogP contribution in [0.2, 0.25) is 0 Å². The van der Waals surface area contributed by atoms with Crippen molar-refractivity contribution >= 4 is 24.0 Å². The van der Waals surface area contributed by atoms with Crippen LogP contribution in [0.3, 0.4) is 0 Å². The highest BCUT2D eigenvalue weighted by Crippen LogP contribution is 2.27. The second-order valence-corrected chi connectivity index (χ2v) is 2.89. The fourth-order valence-electron chi connectivity index (χ4n) is 1.27. The average Bonchev–Trinajstić information content (AvgIpc) is 2.17. The number of nitrogens with two attached hydrogens (primary N) is 1. The normalized spacial score (nSPS) is 18.1. The molecule has 0 fully saturated rings. The van der Waals surface area contributed by atoms with Crippen LogP contribution in [0.25, 0.3) is 0 Å². The number of hydrogen-bond donors (Lipinski definition) is 2. The number of carbonyl (C=O) groups excluding carboxylic acids is 1. The van der Waals surface area contributed by atoms with Crippen LogP contribution in [0.1, 0.15) is 0 Å². The van der Waals surface area contributed by atoms with E-state index in [0.717, 1.165) is 5.69 Å². The van der Waals surface area contributed by atoms with E-state index in [9.17, 15) is 4.79 Å². The quantitative estimate of drug-likeness (QED) is 0.726. The summed E-state index contributed by atoms with van der Waals surface area (Å²) in [6.07, 6.45) is -0.560. The summed E-state index contributed by atoms with van der Waals surface area (Å²) in [4.78, 5) is 10.8. The minimum atomic E-state index is -0.560.